The van der Waals surface area contributed by atoms with Crippen molar-refractivity contribution in [1.82, 2.24) is 15.0 Å². The Morgan fingerprint density at radius 1 is 1.31 bits per heavy atom. The number of hydrogen-bond acceptors (Lipinski definition) is 7. The van der Waals surface area contributed by atoms with Crippen molar-refractivity contribution in [3.05, 3.63) is 40.9 Å². The fourth-order valence-electron chi connectivity index (χ4n) is 2.77. The van der Waals surface area contributed by atoms with Crippen LogP contribution in [0.3, 0.4) is 0 Å². The third-order valence-corrected chi connectivity index (χ3v) is 5.34. The lowest BCUT2D eigenvalue weighted by molar-refractivity contribution is -0.133. The lowest BCUT2D eigenvalue weighted by Crippen LogP contribution is -2.32. The molecule has 1 aliphatic rings. The van der Waals surface area contributed by atoms with E-state index in [2.05, 4.69) is 10.1 Å². The second kappa shape index (κ2) is 8.35. The van der Waals surface area contributed by atoms with E-state index in [0.29, 0.717) is 16.3 Å². The van der Waals surface area contributed by atoms with Gasteiger partial charge < -0.3 is 14.2 Å². The van der Waals surface area contributed by atoms with Crippen molar-refractivity contribution in [2.75, 3.05) is 19.7 Å². The number of rotatable bonds is 6. The fraction of sp³-hybridized carbons (Fsp3) is 0.444. The van der Waals surface area contributed by atoms with Gasteiger partial charge >= 0.3 is 5.97 Å². The van der Waals surface area contributed by atoms with Crippen LogP contribution < -0.4 is 0 Å². The minimum atomic E-state index is -0.535. The van der Waals surface area contributed by atoms with Crippen molar-refractivity contribution in [2.45, 2.75) is 37.5 Å². The number of nitrogens with zero attached hydrogens (tertiary/aromatic N) is 3. The lowest BCUT2D eigenvalue weighted by atomic mass is 10.2. The molecule has 1 amide bonds. The van der Waals surface area contributed by atoms with E-state index in [0.717, 1.165) is 42.9 Å². The summed E-state index contributed by atoms with van der Waals surface area (Å²) in [5.41, 5.74) is 2.17. The summed E-state index contributed by atoms with van der Waals surface area (Å²) in [6.07, 6.45) is 3.64. The number of esters is 1. The predicted octanol–water partition coefficient (Wildman–Crippen LogP) is 2.76. The largest absolute Gasteiger partial charge is 0.452 e. The Bertz CT molecular complexity index is 780. The number of carbonyl (C=O) groups is 2. The third kappa shape index (κ3) is 4.24. The molecule has 0 radical (unpaired) electrons. The fourth-order valence-corrected chi connectivity index (χ4v) is 3.91. The molecule has 1 saturated heterocycles. The summed E-state index contributed by atoms with van der Waals surface area (Å²) in [5.74, 6) is 0.661. The molecule has 138 valence electrons. The molecule has 7 nitrogen and oxygen atoms in total. The second-order valence-corrected chi connectivity index (χ2v) is 7.08. The van der Waals surface area contributed by atoms with Crippen molar-refractivity contribution < 1.29 is 18.8 Å². The Labute approximate surface area is 156 Å². The van der Waals surface area contributed by atoms with Crippen LogP contribution in [-0.4, -0.2) is 46.6 Å². The average molecular weight is 375 g/mol. The Balaban J connectivity index is 1.62. The maximum Gasteiger partial charge on any atom is 0.341 e. The number of hydrogen-bond donors (Lipinski definition) is 0. The molecule has 2 aromatic rings. The quantitative estimate of drug-likeness (QED) is 0.567. The molecule has 0 aromatic carbocycles. The minimum Gasteiger partial charge on any atom is -0.452 e. The number of amides is 1. The molecule has 0 aliphatic carbocycles. The monoisotopic (exact) mass is 375 g/mol. The molecule has 8 heteroatoms. The molecule has 0 saturated carbocycles. The van der Waals surface area contributed by atoms with Gasteiger partial charge in [0.05, 0.1) is 11.3 Å². The van der Waals surface area contributed by atoms with Crippen LogP contribution in [0.1, 0.15) is 40.2 Å². The van der Waals surface area contributed by atoms with E-state index in [1.165, 1.54) is 11.8 Å². The second-order valence-electron chi connectivity index (χ2n) is 6.11. The zero-order valence-electron chi connectivity index (χ0n) is 14.9. The minimum absolute atomic E-state index is 0.148. The summed E-state index contributed by atoms with van der Waals surface area (Å²) in [6, 6.07) is 3.34. The van der Waals surface area contributed by atoms with Crippen LogP contribution in [0.4, 0.5) is 0 Å². The molecule has 3 rings (SSSR count). The summed E-state index contributed by atoms with van der Waals surface area (Å²) in [4.78, 5) is 30.4. The van der Waals surface area contributed by atoms with Gasteiger partial charge in [-0.3, -0.25) is 4.79 Å². The van der Waals surface area contributed by atoms with Crippen LogP contribution in [0, 0.1) is 13.8 Å². The van der Waals surface area contributed by atoms with Crippen LogP contribution >= 0.6 is 11.8 Å². The number of thioether (sulfide) groups is 1. The van der Waals surface area contributed by atoms with Crippen LogP contribution in [0.2, 0.25) is 0 Å². The van der Waals surface area contributed by atoms with E-state index in [-0.39, 0.29) is 12.5 Å². The Morgan fingerprint density at radius 2 is 2.08 bits per heavy atom. The lowest BCUT2D eigenvalue weighted by Gasteiger charge is -2.15. The maximum atomic E-state index is 12.4. The van der Waals surface area contributed by atoms with Gasteiger partial charge in [0, 0.05) is 30.6 Å². The number of aromatic nitrogens is 2. The topological polar surface area (TPSA) is 85.5 Å². The highest BCUT2D eigenvalue weighted by Crippen LogP contribution is 2.27. The zero-order valence-corrected chi connectivity index (χ0v) is 15.7. The first-order chi connectivity index (χ1) is 12.6. The van der Waals surface area contributed by atoms with Gasteiger partial charge in [0.25, 0.3) is 5.91 Å². The molecule has 1 aliphatic heterocycles. The van der Waals surface area contributed by atoms with Gasteiger partial charge in [0.15, 0.2) is 6.61 Å². The van der Waals surface area contributed by atoms with Crippen LogP contribution in [0.25, 0.3) is 0 Å². The molecule has 0 spiro atoms. The molecular weight excluding hydrogens is 354 g/mol. The summed E-state index contributed by atoms with van der Waals surface area (Å²) in [5, 5.41) is 4.49. The standard InChI is InChI=1S/C18H21N3O4S/c1-12-15(13(2)25-20-12)11-26-17-14(6-5-7-19-17)18(23)24-10-16(22)21-8-3-4-9-21/h5-7H,3-4,8-11H2,1-2H3. The first-order valence-electron chi connectivity index (χ1n) is 8.50. The SMILES string of the molecule is Cc1noc(C)c1CSc1ncccc1C(=O)OCC(=O)N1CCCC1. The van der Waals surface area contributed by atoms with Crippen molar-refractivity contribution in [1.29, 1.82) is 0 Å². The Morgan fingerprint density at radius 3 is 2.77 bits per heavy atom. The van der Waals surface area contributed by atoms with Gasteiger partial charge in [-0.25, -0.2) is 9.78 Å². The summed E-state index contributed by atoms with van der Waals surface area (Å²) in [7, 11) is 0. The van der Waals surface area contributed by atoms with Crippen molar-refractivity contribution in [2.24, 2.45) is 0 Å². The maximum absolute atomic E-state index is 12.4. The van der Waals surface area contributed by atoms with E-state index in [1.54, 1.807) is 23.2 Å². The van der Waals surface area contributed by atoms with Gasteiger partial charge in [-0.05, 0) is 38.8 Å². The van der Waals surface area contributed by atoms with E-state index in [4.69, 9.17) is 9.26 Å². The molecule has 3 heterocycles. The van der Waals surface area contributed by atoms with Crippen molar-refractivity contribution in [3.8, 4) is 0 Å². The van der Waals surface area contributed by atoms with Crippen LogP contribution in [0.15, 0.2) is 27.9 Å². The van der Waals surface area contributed by atoms with E-state index < -0.39 is 5.97 Å². The number of ether oxygens (including phenoxy) is 1. The van der Waals surface area contributed by atoms with Crippen LogP contribution in [-0.2, 0) is 15.3 Å². The van der Waals surface area contributed by atoms with Crippen molar-refractivity contribution >= 4 is 23.6 Å². The average Bonchev–Trinajstić information content (AvgIpc) is 3.29. The molecule has 0 bridgehead atoms. The van der Waals surface area contributed by atoms with E-state index >= 15 is 0 Å². The first kappa shape index (κ1) is 18.4. The molecule has 0 unspecified atom stereocenters. The first-order valence-corrected chi connectivity index (χ1v) is 9.49. The van der Waals surface area contributed by atoms with Gasteiger partial charge in [0.1, 0.15) is 10.8 Å². The van der Waals surface area contributed by atoms with Gasteiger partial charge in [-0.2, -0.15) is 0 Å². The highest BCUT2D eigenvalue weighted by Gasteiger charge is 2.21. The van der Waals surface area contributed by atoms with E-state index in [9.17, 15) is 9.59 Å². The number of aryl methyl sites for hydroxylation is 2. The number of pyridine rings is 1. The predicted molar refractivity (Wildman–Crippen MR) is 95.9 cm³/mol. The summed E-state index contributed by atoms with van der Waals surface area (Å²) >= 11 is 1.41. The molecular formula is C18H21N3O4S. The molecule has 0 N–H and O–H groups in total. The van der Waals surface area contributed by atoms with Crippen LogP contribution in [0.5, 0.6) is 0 Å². The Hall–Kier alpha value is -2.35. The third-order valence-electron chi connectivity index (χ3n) is 4.31. The smallest absolute Gasteiger partial charge is 0.341 e. The zero-order chi connectivity index (χ0) is 18.5. The van der Waals surface area contributed by atoms with Gasteiger partial charge in [-0.15, -0.1) is 11.8 Å². The normalized spacial score (nSPS) is 13.8. The van der Waals surface area contributed by atoms with Gasteiger partial charge in [-0.1, -0.05) is 5.16 Å². The van der Waals surface area contributed by atoms with Gasteiger partial charge in [0.2, 0.25) is 0 Å². The highest BCUT2D eigenvalue weighted by atomic mass is 32.2. The number of likely N-dealkylation sites (tertiary alicyclic amines) is 1. The van der Waals surface area contributed by atoms with Crippen molar-refractivity contribution in [3.63, 3.8) is 0 Å². The molecule has 1 fully saturated rings. The molecule has 0 atom stereocenters. The Kier molecular flexibility index (Phi) is 5.92. The summed E-state index contributed by atoms with van der Waals surface area (Å²) in [6.45, 7) is 4.97. The van der Waals surface area contributed by atoms with E-state index in [1.807, 2.05) is 13.8 Å². The molecule has 2 aromatic heterocycles. The highest BCUT2D eigenvalue weighted by molar-refractivity contribution is 7.98. The summed E-state index contributed by atoms with van der Waals surface area (Å²) < 4.78 is 10.4. The number of carbonyl (C=O) groups excluding carboxylic acids is 2. The molecule has 26 heavy (non-hydrogen) atoms.